The molecule has 4 heterocycles. The van der Waals surface area contributed by atoms with Crippen molar-refractivity contribution in [3.05, 3.63) is 18.5 Å². The minimum atomic E-state index is -3.64. The third-order valence-corrected chi connectivity index (χ3v) is 8.36. The number of carbonyl (C=O) groups excluding carboxylic acids is 2. The zero-order chi connectivity index (χ0) is 22.2. The van der Waals surface area contributed by atoms with Crippen LogP contribution in [-0.4, -0.2) is 103 Å². The van der Waals surface area contributed by atoms with E-state index in [-0.39, 0.29) is 25.6 Å². The first-order chi connectivity index (χ1) is 14.8. The molecule has 3 saturated heterocycles. The SMILES string of the molecule is CC(C)S(=O)(=O)N1CC(C(=O)N2CCN(c3ncccn3)CC2)C2(C1)OCCNC2=O. The summed E-state index contributed by atoms with van der Waals surface area (Å²) in [5.74, 6) is -0.959. The van der Waals surface area contributed by atoms with Gasteiger partial charge in [0.1, 0.15) is 0 Å². The number of aromatic nitrogens is 2. The molecule has 1 aromatic rings. The van der Waals surface area contributed by atoms with E-state index in [2.05, 4.69) is 15.3 Å². The van der Waals surface area contributed by atoms with Crippen molar-refractivity contribution < 1.29 is 22.7 Å². The van der Waals surface area contributed by atoms with E-state index in [4.69, 9.17) is 4.74 Å². The summed E-state index contributed by atoms with van der Waals surface area (Å²) in [7, 11) is -3.64. The number of rotatable bonds is 4. The molecule has 2 atom stereocenters. The van der Waals surface area contributed by atoms with Gasteiger partial charge in [-0.2, -0.15) is 4.31 Å². The molecule has 1 spiro atoms. The second kappa shape index (κ2) is 8.32. The molecule has 4 rings (SSSR count). The predicted molar refractivity (Wildman–Crippen MR) is 112 cm³/mol. The Balaban J connectivity index is 1.53. The van der Waals surface area contributed by atoms with Gasteiger partial charge in [-0.1, -0.05) is 0 Å². The van der Waals surface area contributed by atoms with Crippen molar-refractivity contribution in [2.75, 3.05) is 57.3 Å². The number of sulfonamides is 1. The Kier molecular flexibility index (Phi) is 5.88. The molecule has 0 bridgehead atoms. The van der Waals surface area contributed by atoms with Gasteiger partial charge in [-0.3, -0.25) is 9.59 Å². The maximum absolute atomic E-state index is 13.5. The van der Waals surface area contributed by atoms with Crippen LogP contribution in [-0.2, 0) is 24.3 Å². The summed E-state index contributed by atoms with van der Waals surface area (Å²) in [5.41, 5.74) is -1.49. The van der Waals surface area contributed by atoms with Crippen LogP contribution >= 0.6 is 0 Å². The van der Waals surface area contributed by atoms with Gasteiger partial charge in [0.2, 0.25) is 21.9 Å². The van der Waals surface area contributed by atoms with Gasteiger partial charge in [-0.25, -0.2) is 18.4 Å². The first-order valence-electron chi connectivity index (χ1n) is 10.5. The van der Waals surface area contributed by atoms with Gasteiger partial charge in [0.05, 0.1) is 24.3 Å². The van der Waals surface area contributed by atoms with E-state index < -0.39 is 32.7 Å². The third kappa shape index (κ3) is 3.87. The molecule has 12 heteroatoms. The topological polar surface area (TPSA) is 125 Å². The van der Waals surface area contributed by atoms with Crippen molar-refractivity contribution in [2.45, 2.75) is 24.7 Å². The Morgan fingerprint density at radius 1 is 1.23 bits per heavy atom. The van der Waals surface area contributed by atoms with Crippen LogP contribution in [0, 0.1) is 5.92 Å². The van der Waals surface area contributed by atoms with Crippen molar-refractivity contribution in [3.63, 3.8) is 0 Å². The van der Waals surface area contributed by atoms with Crippen molar-refractivity contribution in [1.82, 2.24) is 24.5 Å². The van der Waals surface area contributed by atoms with E-state index in [0.717, 1.165) is 0 Å². The van der Waals surface area contributed by atoms with Gasteiger partial charge in [0.15, 0.2) is 5.60 Å². The minimum Gasteiger partial charge on any atom is -0.361 e. The molecule has 0 radical (unpaired) electrons. The zero-order valence-electron chi connectivity index (χ0n) is 17.7. The fourth-order valence-corrected chi connectivity index (χ4v) is 5.67. The van der Waals surface area contributed by atoms with Crippen molar-refractivity contribution in [3.8, 4) is 0 Å². The summed E-state index contributed by atoms with van der Waals surface area (Å²) in [4.78, 5) is 38.5. The standard InChI is InChI=1S/C19H28N6O5S/c1-14(2)31(28,29)25-12-15(19(13-25)17(27)20-6-11-30-19)16(26)23-7-9-24(10-8-23)18-21-4-3-5-22-18/h3-5,14-15H,6-13H2,1-2H3,(H,20,27). The number of amides is 2. The van der Waals surface area contributed by atoms with E-state index in [1.54, 1.807) is 37.2 Å². The lowest BCUT2D eigenvalue weighted by Gasteiger charge is -2.40. The number of nitrogens with one attached hydrogen (secondary N) is 1. The quantitative estimate of drug-likeness (QED) is 0.596. The highest BCUT2D eigenvalue weighted by molar-refractivity contribution is 7.89. The van der Waals surface area contributed by atoms with Crippen LogP contribution in [0.4, 0.5) is 5.95 Å². The number of nitrogens with zero attached hydrogens (tertiary/aromatic N) is 5. The number of ether oxygens (including phenoxy) is 1. The van der Waals surface area contributed by atoms with Gasteiger partial charge in [0, 0.05) is 51.7 Å². The maximum Gasteiger partial charge on any atom is 0.254 e. The number of anilines is 1. The Labute approximate surface area is 181 Å². The number of hydrogen-bond acceptors (Lipinski definition) is 8. The number of carbonyl (C=O) groups is 2. The molecule has 2 amide bonds. The molecular formula is C19H28N6O5S. The van der Waals surface area contributed by atoms with Crippen LogP contribution in [0.2, 0.25) is 0 Å². The smallest absolute Gasteiger partial charge is 0.254 e. The summed E-state index contributed by atoms with van der Waals surface area (Å²) in [6.07, 6.45) is 3.34. The second-order valence-corrected chi connectivity index (χ2v) is 10.8. The number of morpholine rings is 1. The van der Waals surface area contributed by atoms with Crippen molar-refractivity contribution in [1.29, 1.82) is 0 Å². The lowest BCUT2D eigenvalue weighted by Crippen LogP contribution is -2.63. The highest BCUT2D eigenvalue weighted by Crippen LogP contribution is 2.37. The largest absolute Gasteiger partial charge is 0.361 e. The Bertz CT molecular complexity index is 934. The summed E-state index contributed by atoms with van der Waals surface area (Å²) < 4.78 is 32.7. The van der Waals surface area contributed by atoms with Gasteiger partial charge >= 0.3 is 0 Å². The maximum atomic E-state index is 13.5. The average Bonchev–Trinajstić information content (AvgIpc) is 3.17. The van der Waals surface area contributed by atoms with Crippen molar-refractivity contribution in [2.24, 2.45) is 5.92 Å². The van der Waals surface area contributed by atoms with E-state index in [1.165, 1.54) is 4.31 Å². The van der Waals surface area contributed by atoms with Gasteiger partial charge in [-0.15, -0.1) is 0 Å². The van der Waals surface area contributed by atoms with Crippen LogP contribution in [0.15, 0.2) is 18.5 Å². The summed E-state index contributed by atoms with van der Waals surface area (Å²) in [5, 5.41) is 2.10. The summed E-state index contributed by atoms with van der Waals surface area (Å²) >= 11 is 0. The molecule has 31 heavy (non-hydrogen) atoms. The Hall–Kier alpha value is -2.31. The second-order valence-electron chi connectivity index (χ2n) is 8.29. The fourth-order valence-electron chi connectivity index (χ4n) is 4.35. The molecule has 0 aromatic carbocycles. The monoisotopic (exact) mass is 452 g/mol. The molecule has 170 valence electrons. The Morgan fingerprint density at radius 2 is 1.90 bits per heavy atom. The zero-order valence-corrected chi connectivity index (χ0v) is 18.5. The molecule has 3 aliphatic rings. The van der Waals surface area contributed by atoms with E-state index in [1.807, 2.05) is 4.90 Å². The van der Waals surface area contributed by atoms with Gasteiger partial charge < -0.3 is 19.9 Å². The molecule has 0 saturated carbocycles. The molecule has 0 aliphatic carbocycles. The van der Waals surface area contributed by atoms with Crippen LogP contribution in [0.1, 0.15) is 13.8 Å². The number of hydrogen-bond donors (Lipinski definition) is 1. The first-order valence-corrected chi connectivity index (χ1v) is 12.0. The normalized spacial score (nSPS) is 27.7. The highest BCUT2D eigenvalue weighted by Gasteiger charge is 2.60. The fraction of sp³-hybridized carbons (Fsp3) is 0.684. The van der Waals surface area contributed by atoms with Crippen LogP contribution in [0.3, 0.4) is 0 Å². The molecular weight excluding hydrogens is 424 g/mol. The molecule has 2 unspecified atom stereocenters. The third-order valence-electron chi connectivity index (χ3n) is 6.17. The van der Waals surface area contributed by atoms with Crippen molar-refractivity contribution >= 4 is 27.8 Å². The van der Waals surface area contributed by atoms with Crippen LogP contribution in [0.5, 0.6) is 0 Å². The summed E-state index contributed by atoms with van der Waals surface area (Å²) in [6.45, 7) is 5.52. The average molecular weight is 453 g/mol. The van der Waals surface area contributed by atoms with E-state index in [0.29, 0.717) is 38.7 Å². The lowest BCUT2D eigenvalue weighted by molar-refractivity contribution is -0.166. The lowest BCUT2D eigenvalue weighted by atomic mass is 9.87. The van der Waals surface area contributed by atoms with Crippen LogP contribution < -0.4 is 10.2 Å². The molecule has 1 N–H and O–H groups in total. The molecule has 3 fully saturated rings. The first kappa shape index (κ1) is 21.9. The predicted octanol–water partition coefficient (Wildman–Crippen LogP) is -1.32. The summed E-state index contributed by atoms with van der Waals surface area (Å²) in [6, 6.07) is 1.75. The minimum absolute atomic E-state index is 0.0607. The van der Waals surface area contributed by atoms with Gasteiger partial charge in [-0.05, 0) is 19.9 Å². The molecule has 3 aliphatic heterocycles. The van der Waals surface area contributed by atoms with E-state index >= 15 is 0 Å². The molecule has 11 nitrogen and oxygen atoms in total. The van der Waals surface area contributed by atoms with E-state index in [9.17, 15) is 18.0 Å². The molecule has 1 aromatic heterocycles. The highest BCUT2D eigenvalue weighted by atomic mass is 32.2. The Morgan fingerprint density at radius 3 is 2.52 bits per heavy atom. The van der Waals surface area contributed by atoms with Gasteiger partial charge in [0.25, 0.3) is 5.91 Å². The van der Waals surface area contributed by atoms with Crippen LogP contribution in [0.25, 0.3) is 0 Å². The number of piperazine rings is 1.